The Kier molecular flexibility index (Phi) is 4.05. The van der Waals surface area contributed by atoms with Crippen LogP contribution in [0.25, 0.3) is 0 Å². The van der Waals surface area contributed by atoms with Gasteiger partial charge in [-0.3, -0.25) is 4.79 Å². The zero-order valence-electron chi connectivity index (χ0n) is 12.8. The van der Waals surface area contributed by atoms with Gasteiger partial charge in [0.05, 0.1) is 5.92 Å². The van der Waals surface area contributed by atoms with E-state index in [1.165, 1.54) is 11.5 Å². The molecule has 2 aliphatic heterocycles. The Labute approximate surface area is 132 Å². The summed E-state index contributed by atoms with van der Waals surface area (Å²) in [6.07, 6.45) is -0.438. The lowest BCUT2D eigenvalue weighted by atomic mass is 9.97. The molecule has 3 rings (SSSR count). The van der Waals surface area contributed by atoms with Crippen molar-refractivity contribution in [3.63, 3.8) is 0 Å². The summed E-state index contributed by atoms with van der Waals surface area (Å²) in [6, 6.07) is 0. The molecular formula is C14H20F2N4OS. The van der Waals surface area contributed by atoms with Crippen molar-refractivity contribution in [1.29, 1.82) is 0 Å². The number of halogens is 2. The first kappa shape index (κ1) is 15.6. The average Bonchev–Trinajstić information content (AvgIpc) is 2.86. The molecule has 22 heavy (non-hydrogen) atoms. The molecule has 2 saturated heterocycles. The van der Waals surface area contributed by atoms with Gasteiger partial charge in [0.1, 0.15) is 5.82 Å². The van der Waals surface area contributed by atoms with Gasteiger partial charge in [-0.2, -0.15) is 4.37 Å². The number of anilines is 1. The van der Waals surface area contributed by atoms with Gasteiger partial charge in [-0.05, 0) is 0 Å². The SMILES string of the molecule is CC(C)c1nsc(N2CC(C(=O)N3CCC(F)(F)CC3)C2)n1. The van der Waals surface area contributed by atoms with E-state index >= 15 is 0 Å². The molecule has 0 atom stereocenters. The lowest BCUT2D eigenvalue weighted by Crippen LogP contribution is -2.56. The topological polar surface area (TPSA) is 49.3 Å². The van der Waals surface area contributed by atoms with Crippen LogP contribution in [0.3, 0.4) is 0 Å². The molecule has 0 N–H and O–H groups in total. The average molecular weight is 330 g/mol. The molecular weight excluding hydrogens is 310 g/mol. The number of piperidine rings is 1. The number of carbonyl (C=O) groups excluding carboxylic acids is 1. The second kappa shape index (κ2) is 5.72. The van der Waals surface area contributed by atoms with Crippen molar-refractivity contribution >= 4 is 22.6 Å². The Morgan fingerprint density at radius 3 is 2.50 bits per heavy atom. The highest BCUT2D eigenvalue weighted by molar-refractivity contribution is 7.09. The number of hydrogen-bond acceptors (Lipinski definition) is 5. The van der Waals surface area contributed by atoms with E-state index in [4.69, 9.17) is 0 Å². The van der Waals surface area contributed by atoms with E-state index in [1.54, 1.807) is 4.90 Å². The smallest absolute Gasteiger partial charge is 0.251 e. The van der Waals surface area contributed by atoms with E-state index in [9.17, 15) is 13.6 Å². The highest BCUT2D eigenvalue weighted by Crippen LogP contribution is 2.32. The first-order valence-corrected chi connectivity index (χ1v) is 8.38. The van der Waals surface area contributed by atoms with Crippen LogP contribution in [0.5, 0.6) is 0 Å². The predicted octanol–water partition coefficient (Wildman–Crippen LogP) is 2.36. The molecule has 2 aliphatic rings. The summed E-state index contributed by atoms with van der Waals surface area (Å²) in [4.78, 5) is 20.4. The van der Waals surface area contributed by atoms with Crippen LogP contribution in [-0.4, -0.2) is 52.3 Å². The fourth-order valence-corrected chi connectivity index (χ4v) is 3.52. The second-order valence-electron chi connectivity index (χ2n) is 6.37. The maximum Gasteiger partial charge on any atom is 0.251 e. The van der Waals surface area contributed by atoms with Crippen molar-refractivity contribution in [2.45, 2.75) is 38.5 Å². The highest BCUT2D eigenvalue weighted by atomic mass is 32.1. The summed E-state index contributed by atoms with van der Waals surface area (Å²) in [5.74, 6) is -1.59. The third-order valence-corrected chi connectivity index (χ3v) is 5.05. The number of aromatic nitrogens is 2. The van der Waals surface area contributed by atoms with Gasteiger partial charge in [0.25, 0.3) is 5.92 Å². The van der Waals surface area contributed by atoms with E-state index in [0.29, 0.717) is 19.0 Å². The van der Waals surface area contributed by atoms with Gasteiger partial charge in [0.15, 0.2) is 0 Å². The van der Waals surface area contributed by atoms with Crippen LogP contribution in [0.1, 0.15) is 38.4 Å². The molecule has 2 fully saturated rings. The summed E-state index contributed by atoms with van der Waals surface area (Å²) in [6.45, 7) is 5.63. The van der Waals surface area contributed by atoms with Crippen LogP contribution in [0, 0.1) is 5.92 Å². The van der Waals surface area contributed by atoms with Crippen molar-refractivity contribution in [2.24, 2.45) is 5.92 Å². The minimum absolute atomic E-state index is 0.000323. The molecule has 0 aliphatic carbocycles. The van der Waals surface area contributed by atoms with E-state index in [0.717, 1.165) is 11.0 Å². The van der Waals surface area contributed by atoms with Crippen molar-refractivity contribution in [3.8, 4) is 0 Å². The van der Waals surface area contributed by atoms with Crippen molar-refractivity contribution < 1.29 is 13.6 Å². The maximum absolute atomic E-state index is 13.1. The van der Waals surface area contributed by atoms with Crippen molar-refractivity contribution in [3.05, 3.63) is 5.82 Å². The molecule has 0 radical (unpaired) electrons. The first-order valence-electron chi connectivity index (χ1n) is 7.61. The van der Waals surface area contributed by atoms with E-state index < -0.39 is 5.92 Å². The monoisotopic (exact) mass is 330 g/mol. The lowest BCUT2D eigenvalue weighted by Gasteiger charge is -2.41. The molecule has 3 heterocycles. The number of amides is 1. The van der Waals surface area contributed by atoms with Crippen LogP contribution in [0.2, 0.25) is 0 Å². The van der Waals surface area contributed by atoms with Crippen LogP contribution in [-0.2, 0) is 4.79 Å². The molecule has 0 unspecified atom stereocenters. The largest absolute Gasteiger partial charge is 0.345 e. The predicted molar refractivity (Wildman–Crippen MR) is 80.5 cm³/mol. The summed E-state index contributed by atoms with van der Waals surface area (Å²) in [7, 11) is 0. The third-order valence-electron chi connectivity index (χ3n) is 4.26. The number of nitrogens with zero attached hydrogens (tertiary/aromatic N) is 4. The van der Waals surface area contributed by atoms with Gasteiger partial charge in [0.2, 0.25) is 11.0 Å². The molecule has 0 saturated carbocycles. The fourth-order valence-electron chi connectivity index (χ4n) is 2.69. The van der Waals surface area contributed by atoms with Crippen molar-refractivity contribution in [2.75, 3.05) is 31.1 Å². The van der Waals surface area contributed by atoms with Crippen LogP contribution >= 0.6 is 11.5 Å². The zero-order valence-corrected chi connectivity index (χ0v) is 13.6. The molecule has 122 valence electrons. The second-order valence-corrected chi connectivity index (χ2v) is 7.10. The van der Waals surface area contributed by atoms with Crippen LogP contribution < -0.4 is 4.90 Å². The normalized spacial score (nSPS) is 22.0. The number of rotatable bonds is 3. The minimum atomic E-state index is -2.61. The molecule has 1 amide bonds. The summed E-state index contributed by atoms with van der Waals surface area (Å²) >= 11 is 1.35. The molecule has 8 heteroatoms. The Balaban J connectivity index is 1.51. The van der Waals surface area contributed by atoms with Gasteiger partial charge in [-0.25, -0.2) is 13.8 Å². The van der Waals surface area contributed by atoms with Gasteiger partial charge in [-0.1, -0.05) is 13.8 Å². The number of likely N-dealkylation sites (tertiary alicyclic amines) is 1. The molecule has 1 aromatic rings. The highest BCUT2D eigenvalue weighted by Gasteiger charge is 2.41. The van der Waals surface area contributed by atoms with E-state index in [1.807, 2.05) is 18.7 Å². The molecule has 5 nitrogen and oxygen atoms in total. The lowest BCUT2D eigenvalue weighted by molar-refractivity contribution is -0.142. The van der Waals surface area contributed by atoms with Crippen molar-refractivity contribution in [1.82, 2.24) is 14.3 Å². The fraction of sp³-hybridized carbons (Fsp3) is 0.786. The van der Waals surface area contributed by atoms with Gasteiger partial charge in [-0.15, -0.1) is 0 Å². The summed E-state index contributed by atoms with van der Waals surface area (Å²) < 4.78 is 30.6. The Morgan fingerprint density at radius 2 is 1.95 bits per heavy atom. The van der Waals surface area contributed by atoms with Gasteiger partial charge >= 0.3 is 0 Å². The zero-order chi connectivity index (χ0) is 15.9. The van der Waals surface area contributed by atoms with E-state index in [-0.39, 0.29) is 37.8 Å². The van der Waals surface area contributed by atoms with Crippen LogP contribution in [0.4, 0.5) is 13.9 Å². The third kappa shape index (κ3) is 3.06. The van der Waals surface area contributed by atoms with E-state index in [2.05, 4.69) is 9.36 Å². The first-order chi connectivity index (χ1) is 10.4. The standard InChI is InChI=1S/C14H20F2N4OS/c1-9(2)11-17-13(22-18-11)20-7-10(8-20)12(21)19-5-3-14(15,16)4-6-19/h9-10H,3-8H2,1-2H3. The minimum Gasteiger partial charge on any atom is -0.345 e. The van der Waals surface area contributed by atoms with Crippen LogP contribution in [0.15, 0.2) is 0 Å². The van der Waals surface area contributed by atoms with Gasteiger partial charge < -0.3 is 9.80 Å². The number of hydrogen-bond donors (Lipinski definition) is 0. The molecule has 0 aromatic carbocycles. The molecule has 0 bridgehead atoms. The number of carbonyl (C=O) groups is 1. The molecule has 1 aromatic heterocycles. The summed E-state index contributed by atoms with van der Waals surface area (Å²) in [5, 5.41) is 0.845. The number of alkyl halides is 2. The Hall–Kier alpha value is -1.31. The summed E-state index contributed by atoms with van der Waals surface area (Å²) in [5.41, 5.74) is 0. The van der Waals surface area contributed by atoms with Gasteiger partial charge in [0, 0.05) is 56.5 Å². The Bertz CT molecular complexity index is 547. The Morgan fingerprint density at radius 1 is 1.32 bits per heavy atom. The molecule has 0 spiro atoms. The quantitative estimate of drug-likeness (QED) is 0.854. The maximum atomic E-state index is 13.1.